The van der Waals surface area contributed by atoms with Crippen LogP contribution in [-0.2, 0) is 19.1 Å². The van der Waals surface area contributed by atoms with Crippen LogP contribution in [0.3, 0.4) is 0 Å². The van der Waals surface area contributed by atoms with Crippen molar-refractivity contribution in [1.29, 1.82) is 0 Å². The summed E-state index contributed by atoms with van der Waals surface area (Å²) in [5.74, 6) is -0.809. The maximum Gasteiger partial charge on any atom is 0.365 e. The number of thioether (sulfide) groups is 2. The van der Waals surface area contributed by atoms with E-state index in [4.69, 9.17) is 9.47 Å². The van der Waals surface area contributed by atoms with Gasteiger partial charge in [0.25, 0.3) is 0 Å². The Labute approximate surface area is 185 Å². The van der Waals surface area contributed by atoms with Crippen molar-refractivity contribution in [3.8, 4) is 0 Å². The molecule has 1 atom stereocenters. The minimum atomic E-state index is -0.845. The van der Waals surface area contributed by atoms with Gasteiger partial charge in [-0.1, -0.05) is 37.2 Å². The number of anilines is 1. The summed E-state index contributed by atoms with van der Waals surface area (Å²) in [5, 5.41) is 6.71. The van der Waals surface area contributed by atoms with Gasteiger partial charge < -0.3 is 14.4 Å². The van der Waals surface area contributed by atoms with Gasteiger partial charge in [0.1, 0.15) is 4.91 Å². The van der Waals surface area contributed by atoms with Gasteiger partial charge >= 0.3 is 11.9 Å². The van der Waals surface area contributed by atoms with Gasteiger partial charge in [-0.05, 0) is 56.7 Å². The van der Waals surface area contributed by atoms with Gasteiger partial charge in [-0.3, -0.25) is 0 Å². The number of carbonyl (C=O) groups is 2. The normalized spacial score (nSPS) is 20.8. The zero-order valence-corrected chi connectivity index (χ0v) is 19.6. The summed E-state index contributed by atoms with van der Waals surface area (Å²) in [6.45, 7) is 8.21. The van der Waals surface area contributed by atoms with E-state index in [2.05, 4.69) is 12.0 Å². The van der Waals surface area contributed by atoms with Crippen LogP contribution in [0.4, 0.5) is 5.69 Å². The summed E-state index contributed by atoms with van der Waals surface area (Å²) in [6, 6.07) is 7.91. The molecule has 0 N–H and O–H groups in total. The molecule has 2 aliphatic rings. The third-order valence-corrected chi connectivity index (χ3v) is 7.63. The van der Waals surface area contributed by atoms with Crippen molar-refractivity contribution in [2.45, 2.75) is 44.9 Å². The lowest BCUT2D eigenvalue weighted by Gasteiger charge is -2.39. The quantitative estimate of drug-likeness (QED) is 0.571. The first-order chi connectivity index (χ1) is 14.4. The molecule has 9 heteroatoms. The van der Waals surface area contributed by atoms with Crippen LogP contribution in [0.5, 0.6) is 0 Å². The van der Waals surface area contributed by atoms with Crippen molar-refractivity contribution in [2.24, 2.45) is 5.10 Å². The maximum absolute atomic E-state index is 12.7. The number of hydrogen-bond donors (Lipinski definition) is 0. The molecule has 1 spiro atoms. The number of nitrogens with zero attached hydrogens (tertiary/aromatic N) is 3. The SMILES string of the molecule is CCCC1=C(C(=O)OCC)S[C@]2(SC(C(=O)OCC)=NN2c2cccc(C)c2)N1C. The summed E-state index contributed by atoms with van der Waals surface area (Å²) in [6.07, 6.45) is 1.59. The average molecular weight is 450 g/mol. The van der Waals surface area contributed by atoms with E-state index < -0.39 is 10.3 Å². The first-order valence-corrected chi connectivity index (χ1v) is 11.7. The minimum Gasteiger partial charge on any atom is -0.462 e. The van der Waals surface area contributed by atoms with Crippen LogP contribution in [0, 0.1) is 6.92 Å². The second-order valence-electron chi connectivity index (χ2n) is 6.83. The number of hydrazone groups is 1. The molecule has 1 aromatic rings. The lowest BCUT2D eigenvalue weighted by atomic mass is 10.2. The van der Waals surface area contributed by atoms with E-state index in [0.29, 0.717) is 11.5 Å². The Morgan fingerprint density at radius 3 is 2.43 bits per heavy atom. The number of aryl methyl sites for hydroxylation is 1. The monoisotopic (exact) mass is 449 g/mol. The first kappa shape index (κ1) is 22.6. The molecule has 0 unspecified atom stereocenters. The number of benzene rings is 1. The minimum absolute atomic E-state index is 0.263. The molecule has 0 radical (unpaired) electrons. The predicted octanol–water partition coefficient (Wildman–Crippen LogP) is 4.29. The lowest BCUT2D eigenvalue weighted by Crippen LogP contribution is -2.47. The zero-order chi connectivity index (χ0) is 21.9. The second kappa shape index (κ2) is 9.34. The maximum atomic E-state index is 12.7. The highest BCUT2D eigenvalue weighted by Gasteiger charge is 2.57. The molecule has 162 valence electrons. The molecule has 7 nitrogen and oxygen atoms in total. The van der Waals surface area contributed by atoms with Gasteiger partial charge in [-0.15, -0.1) is 0 Å². The smallest absolute Gasteiger partial charge is 0.365 e. The third kappa shape index (κ3) is 4.05. The van der Waals surface area contributed by atoms with E-state index in [1.165, 1.54) is 23.5 Å². The molecule has 30 heavy (non-hydrogen) atoms. The highest BCUT2D eigenvalue weighted by atomic mass is 32.2. The molecule has 2 heterocycles. The molecule has 0 saturated heterocycles. The number of allylic oxidation sites excluding steroid dienone is 1. The Hall–Kier alpha value is -2.13. The molecular formula is C21H27N3O4S2. The number of rotatable bonds is 7. The van der Waals surface area contributed by atoms with Crippen LogP contribution >= 0.6 is 23.5 Å². The molecule has 0 aliphatic carbocycles. The fourth-order valence-electron chi connectivity index (χ4n) is 3.33. The van der Waals surface area contributed by atoms with Crippen LogP contribution in [-0.4, -0.2) is 46.5 Å². The average Bonchev–Trinajstić information content (AvgIpc) is 3.23. The molecule has 2 aliphatic heterocycles. The topological polar surface area (TPSA) is 71.4 Å². The standard InChI is InChI=1S/C21H27N3O4S2/c1-6-10-16-17(19(25)27-7-2)29-21(23(16)5)24(15-12-9-11-14(4)13-15)22-18(30-21)20(26)28-8-3/h9,11-13H,6-8,10H2,1-5H3/t21-/m0/s1. The van der Waals surface area contributed by atoms with Crippen molar-refractivity contribution in [3.63, 3.8) is 0 Å². The molecule has 0 bridgehead atoms. The van der Waals surface area contributed by atoms with Crippen molar-refractivity contribution in [3.05, 3.63) is 40.4 Å². The van der Waals surface area contributed by atoms with E-state index in [9.17, 15) is 9.59 Å². The summed E-state index contributed by atoms with van der Waals surface area (Å²) in [4.78, 5) is 27.9. The van der Waals surface area contributed by atoms with Crippen molar-refractivity contribution in [1.82, 2.24) is 4.90 Å². The summed E-state index contributed by atoms with van der Waals surface area (Å²) in [7, 11) is 1.93. The molecule has 0 amide bonds. The fraction of sp³-hybridized carbons (Fsp3) is 0.476. The molecular weight excluding hydrogens is 422 g/mol. The van der Waals surface area contributed by atoms with Crippen LogP contribution in [0.25, 0.3) is 0 Å². The summed E-state index contributed by atoms with van der Waals surface area (Å²) >= 11 is 2.67. The summed E-state index contributed by atoms with van der Waals surface area (Å²) in [5.41, 5.74) is 2.80. The Balaban J connectivity index is 2.07. The third-order valence-electron chi connectivity index (χ3n) is 4.66. The molecule has 0 aromatic heterocycles. The van der Waals surface area contributed by atoms with Gasteiger partial charge in [-0.2, -0.15) is 5.10 Å². The Morgan fingerprint density at radius 1 is 1.10 bits per heavy atom. The second-order valence-corrected chi connectivity index (χ2v) is 9.43. The van der Waals surface area contributed by atoms with E-state index in [1.54, 1.807) is 13.8 Å². The molecule has 1 aromatic carbocycles. The number of hydrogen-bond acceptors (Lipinski definition) is 9. The van der Waals surface area contributed by atoms with E-state index in [0.717, 1.165) is 29.8 Å². The van der Waals surface area contributed by atoms with Gasteiger partial charge in [-0.25, -0.2) is 14.6 Å². The van der Waals surface area contributed by atoms with Gasteiger partial charge in [0.15, 0.2) is 0 Å². The summed E-state index contributed by atoms with van der Waals surface area (Å²) < 4.78 is 9.69. The molecule has 0 saturated carbocycles. The van der Waals surface area contributed by atoms with Crippen molar-refractivity contribution in [2.75, 3.05) is 25.3 Å². The van der Waals surface area contributed by atoms with Crippen LogP contribution < -0.4 is 5.01 Å². The highest BCUT2D eigenvalue weighted by molar-refractivity contribution is 8.28. The van der Waals surface area contributed by atoms with E-state index in [1.807, 2.05) is 48.1 Å². The predicted molar refractivity (Wildman–Crippen MR) is 122 cm³/mol. The van der Waals surface area contributed by atoms with E-state index >= 15 is 0 Å². The molecule has 3 rings (SSSR count). The van der Waals surface area contributed by atoms with Gasteiger partial charge in [0.05, 0.1) is 18.9 Å². The lowest BCUT2D eigenvalue weighted by molar-refractivity contribution is -0.137. The van der Waals surface area contributed by atoms with Crippen LogP contribution in [0.15, 0.2) is 40.0 Å². The Kier molecular flexibility index (Phi) is 7.02. The van der Waals surface area contributed by atoms with Gasteiger partial charge in [0.2, 0.25) is 9.37 Å². The Morgan fingerprint density at radius 2 is 1.80 bits per heavy atom. The molecule has 0 fully saturated rings. The van der Waals surface area contributed by atoms with Crippen LogP contribution in [0.1, 0.15) is 39.2 Å². The largest absolute Gasteiger partial charge is 0.462 e. The first-order valence-electron chi connectivity index (χ1n) is 10.0. The van der Waals surface area contributed by atoms with Gasteiger partial charge in [0, 0.05) is 12.7 Å². The number of esters is 2. The zero-order valence-electron chi connectivity index (χ0n) is 17.9. The highest BCUT2D eigenvalue weighted by Crippen LogP contribution is 2.59. The Bertz CT molecular complexity index is 902. The fourth-order valence-corrected chi connectivity index (χ4v) is 6.23. The number of carbonyl (C=O) groups excluding carboxylic acids is 2. The van der Waals surface area contributed by atoms with Crippen LogP contribution in [0.2, 0.25) is 0 Å². The number of ether oxygens (including phenoxy) is 2. The van der Waals surface area contributed by atoms with E-state index in [-0.39, 0.29) is 17.6 Å². The van der Waals surface area contributed by atoms with Crippen molar-refractivity contribution < 1.29 is 19.1 Å². The van der Waals surface area contributed by atoms with Crippen molar-refractivity contribution >= 4 is 46.2 Å².